The fraction of sp³-hybridized carbons (Fsp3) is 0.200. The highest BCUT2D eigenvalue weighted by molar-refractivity contribution is 7.89. The lowest BCUT2D eigenvalue weighted by molar-refractivity contribution is 0.563. The minimum Gasteiger partial charge on any atom is -0.327 e. The summed E-state index contributed by atoms with van der Waals surface area (Å²) < 4.78 is 51.0. The molecule has 0 aromatic heterocycles. The Kier molecular flexibility index (Phi) is 4.73. The molecule has 1 rings (SSSR count). The molecule has 0 aliphatic carbocycles. The molecule has 94 valence electrons. The van der Waals surface area contributed by atoms with Gasteiger partial charge in [-0.25, -0.2) is 21.9 Å². The molecule has 3 N–H and O–H groups in total. The van der Waals surface area contributed by atoms with Gasteiger partial charge < -0.3 is 5.73 Å². The maximum absolute atomic E-state index is 12.8. The summed E-state index contributed by atoms with van der Waals surface area (Å²) >= 11 is 0. The first kappa shape index (κ1) is 13.8. The zero-order chi connectivity index (χ0) is 12.9. The van der Waals surface area contributed by atoms with Crippen molar-refractivity contribution in [3.05, 3.63) is 42.0 Å². The van der Waals surface area contributed by atoms with E-state index >= 15 is 0 Å². The quantitative estimate of drug-likeness (QED) is 0.769. The molecule has 0 spiro atoms. The van der Waals surface area contributed by atoms with Gasteiger partial charge in [-0.3, -0.25) is 0 Å². The smallest absolute Gasteiger partial charge is 0.241 e. The van der Waals surface area contributed by atoms with E-state index in [2.05, 4.69) is 4.72 Å². The summed E-state index contributed by atoms with van der Waals surface area (Å²) in [6, 6.07) is 2.10. The van der Waals surface area contributed by atoms with E-state index in [9.17, 15) is 17.2 Å². The van der Waals surface area contributed by atoms with Gasteiger partial charge in [0.25, 0.3) is 0 Å². The van der Waals surface area contributed by atoms with Crippen LogP contribution >= 0.6 is 0 Å². The average molecular weight is 262 g/mol. The predicted molar refractivity (Wildman–Crippen MR) is 59.7 cm³/mol. The van der Waals surface area contributed by atoms with Crippen molar-refractivity contribution in [1.82, 2.24) is 4.72 Å². The third-order valence-electron chi connectivity index (χ3n) is 1.84. The maximum Gasteiger partial charge on any atom is 0.241 e. The maximum atomic E-state index is 12.8. The molecular formula is C10H12F2N2O2S. The summed E-state index contributed by atoms with van der Waals surface area (Å²) in [7, 11) is -3.91. The number of sulfonamides is 1. The molecule has 0 radical (unpaired) electrons. The van der Waals surface area contributed by atoms with Crippen LogP contribution in [0.4, 0.5) is 8.78 Å². The molecule has 1 aromatic rings. The van der Waals surface area contributed by atoms with E-state index in [-0.39, 0.29) is 13.1 Å². The number of nitrogens with two attached hydrogens (primary N) is 1. The van der Waals surface area contributed by atoms with Gasteiger partial charge in [0.2, 0.25) is 10.0 Å². The predicted octanol–water partition coefficient (Wildman–Crippen LogP) is 0.758. The average Bonchev–Trinajstić information content (AvgIpc) is 2.23. The zero-order valence-electron chi connectivity index (χ0n) is 8.86. The molecule has 0 heterocycles. The van der Waals surface area contributed by atoms with Crippen molar-refractivity contribution >= 4 is 10.0 Å². The van der Waals surface area contributed by atoms with Gasteiger partial charge in [0.1, 0.15) is 11.6 Å². The SMILES string of the molecule is NC/C=C/CNS(=O)(=O)c1cc(F)cc(F)c1. The van der Waals surface area contributed by atoms with Crippen LogP contribution in [0, 0.1) is 11.6 Å². The number of hydrogen-bond acceptors (Lipinski definition) is 3. The van der Waals surface area contributed by atoms with E-state index in [4.69, 9.17) is 5.73 Å². The first-order valence-corrected chi connectivity index (χ1v) is 6.25. The van der Waals surface area contributed by atoms with E-state index in [0.717, 1.165) is 12.1 Å². The minimum absolute atomic E-state index is 0.0116. The van der Waals surface area contributed by atoms with Gasteiger partial charge in [-0.05, 0) is 12.1 Å². The largest absolute Gasteiger partial charge is 0.327 e. The normalized spacial score (nSPS) is 12.2. The highest BCUT2D eigenvalue weighted by Crippen LogP contribution is 2.13. The fourth-order valence-corrected chi connectivity index (χ4v) is 2.12. The van der Waals surface area contributed by atoms with Crippen LogP contribution in [-0.2, 0) is 10.0 Å². The van der Waals surface area contributed by atoms with Crippen molar-refractivity contribution in [3.63, 3.8) is 0 Å². The van der Waals surface area contributed by atoms with Crippen LogP contribution in [0.15, 0.2) is 35.2 Å². The first-order chi connectivity index (χ1) is 7.95. The van der Waals surface area contributed by atoms with E-state index in [0.29, 0.717) is 6.07 Å². The number of benzene rings is 1. The van der Waals surface area contributed by atoms with Gasteiger partial charge in [-0.1, -0.05) is 12.2 Å². The monoisotopic (exact) mass is 262 g/mol. The topological polar surface area (TPSA) is 72.2 Å². The lowest BCUT2D eigenvalue weighted by Crippen LogP contribution is -2.24. The van der Waals surface area contributed by atoms with Gasteiger partial charge in [-0.15, -0.1) is 0 Å². The number of nitrogens with one attached hydrogen (secondary N) is 1. The highest BCUT2D eigenvalue weighted by atomic mass is 32.2. The Labute approximate surface area is 98.2 Å². The van der Waals surface area contributed by atoms with Crippen molar-refractivity contribution < 1.29 is 17.2 Å². The molecule has 0 saturated heterocycles. The van der Waals surface area contributed by atoms with Crippen LogP contribution in [0.5, 0.6) is 0 Å². The van der Waals surface area contributed by atoms with Crippen LogP contribution < -0.4 is 10.5 Å². The molecule has 0 aliphatic rings. The van der Waals surface area contributed by atoms with Crippen molar-refractivity contribution in [2.24, 2.45) is 5.73 Å². The highest BCUT2D eigenvalue weighted by Gasteiger charge is 2.15. The van der Waals surface area contributed by atoms with Gasteiger partial charge in [0.15, 0.2) is 0 Å². The molecule has 1 aromatic carbocycles. The van der Waals surface area contributed by atoms with E-state index in [1.165, 1.54) is 6.08 Å². The van der Waals surface area contributed by atoms with Crippen molar-refractivity contribution in [2.45, 2.75) is 4.90 Å². The van der Waals surface area contributed by atoms with Gasteiger partial charge in [0.05, 0.1) is 4.90 Å². The molecule has 4 nitrogen and oxygen atoms in total. The second kappa shape index (κ2) is 5.85. The second-order valence-corrected chi connectivity index (χ2v) is 4.93. The number of rotatable bonds is 5. The summed E-state index contributed by atoms with van der Waals surface area (Å²) in [5, 5.41) is 0. The molecule has 0 aliphatic heterocycles. The van der Waals surface area contributed by atoms with E-state index in [1.54, 1.807) is 6.08 Å². The van der Waals surface area contributed by atoms with Crippen molar-refractivity contribution in [1.29, 1.82) is 0 Å². The van der Waals surface area contributed by atoms with Crippen molar-refractivity contribution in [2.75, 3.05) is 13.1 Å². The summed E-state index contributed by atoms with van der Waals surface area (Å²) in [5.74, 6) is -1.88. The Bertz CT molecular complexity index is 495. The van der Waals surface area contributed by atoms with Crippen LogP contribution in [0.1, 0.15) is 0 Å². The lowest BCUT2D eigenvalue weighted by atomic mass is 10.3. The third kappa shape index (κ3) is 4.22. The number of hydrogen-bond donors (Lipinski definition) is 2. The molecule has 0 fully saturated rings. The zero-order valence-corrected chi connectivity index (χ0v) is 9.68. The Morgan fingerprint density at radius 1 is 1.18 bits per heavy atom. The van der Waals surface area contributed by atoms with Crippen LogP contribution in [0.2, 0.25) is 0 Å². The Hall–Kier alpha value is -1.31. The Morgan fingerprint density at radius 3 is 2.29 bits per heavy atom. The van der Waals surface area contributed by atoms with E-state index in [1.807, 2.05) is 0 Å². The van der Waals surface area contributed by atoms with Crippen LogP contribution in [0.3, 0.4) is 0 Å². The van der Waals surface area contributed by atoms with Crippen LogP contribution in [0.25, 0.3) is 0 Å². The molecule has 0 amide bonds. The minimum atomic E-state index is -3.91. The molecule has 0 atom stereocenters. The summed E-state index contributed by atoms with van der Waals surface area (Å²) in [5.41, 5.74) is 5.17. The fourth-order valence-electron chi connectivity index (χ4n) is 1.10. The Morgan fingerprint density at radius 2 is 1.76 bits per heavy atom. The van der Waals surface area contributed by atoms with Gasteiger partial charge in [-0.2, -0.15) is 0 Å². The molecule has 0 saturated carbocycles. The molecule has 0 unspecified atom stereocenters. The number of halogens is 2. The molecule has 0 bridgehead atoms. The van der Waals surface area contributed by atoms with Gasteiger partial charge >= 0.3 is 0 Å². The molecule has 17 heavy (non-hydrogen) atoms. The summed E-state index contributed by atoms with van der Waals surface area (Å²) in [6.07, 6.45) is 3.07. The summed E-state index contributed by atoms with van der Waals surface area (Å²) in [4.78, 5) is -0.448. The Balaban J connectivity index is 2.86. The standard InChI is InChI=1S/C10H12F2N2O2S/c11-8-5-9(12)7-10(6-8)17(15,16)14-4-2-1-3-13/h1-2,5-7,14H,3-4,13H2/b2-1+. The third-order valence-corrected chi connectivity index (χ3v) is 3.24. The van der Waals surface area contributed by atoms with Crippen LogP contribution in [-0.4, -0.2) is 21.5 Å². The van der Waals surface area contributed by atoms with Gasteiger partial charge in [0, 0.05) is 19.2 Å². The molecule has 7 heteroatoms. The summed E-state index contributed by atoms with van der Waals surface area (Å²) in [6.45, 7) is 0.300. The van der Waals surface area contributed by atoms with E-state index < -0.39 is 26.6 Å². The molecular weight excluding hydrogens is 250 g/mol. The first-order valence-electron chi connectivity index (χ1n) is 4.76. The second-order valence-electron chi connectivity index (χ2n) is 3.16. The van der Waals surface area contributed by atoms with Crippen molar-refractivity contribution in [3.8, 4) is 0 Å². The lowest BCUT2D eigenvalue weighted by Gasteiger charge is -2.04.